The predicted octanol–water partition coefficient (Wildman–Crippen LogP) is 4.53. The van der Waals surface area contributed by atoms with Gasteiger partial charge in [0.1, 0.15) is 11.5 Å². The molecule has 0 bridgehead atoms. The Labute approximate surface area is 176 Å². The van der Waals surface area contributed by atoms with Crippen molar-refractivity contribution in [1.82, 2.24) is 10.2 Å². The topological polar surface area (TPSA) is 58.6 Å². The molecule has 1 N–H and O–H groups in total. The molecular formula is C25H24N2O3. The number of benzene rings is 3. The Balaban J connectivity index is 1.32. The van der Waals surface area contributed by atoms with E-state index in [0.29, 0.717) is 25.1 Å². The fraction of sp³-hybridized carbons (Fsp3) is 0.200. The average Bonchev–Trinajstić information content (AvgIpc) is 3.18. The lowest BCUT2D eigenvalue weighted by Crippen LogP contribution is -2.24. The van der Waals surface area contributed by atoms with Gasteiger partial charge in [-0.3, -0.25) is 9.59 Å². The molecule has 1 fully saturated rings. The number of nitrogens with zero attached hydrogens (tertiary/aromatic N) is 1. The van der Waals surface area contributed by atoms with Crippen LogP contribution in [0, 0.1) is 0 Å². The molecule has 5 nitrogen and oxygen atoms in total. The Bertz CT molecular complexity index is 1020. The van der Waals surface area contributed by atoms with Gasteiger partial charge in [-0.2, -0.15) is 0 Å². The summed E-state index contributed by atoms with van der Waals surface area (Å²) < 4.78 is 5.85. The molecule has 0 aliphatic carbocycles. The van der Waals surface area contributed by atoms with Crippen LogP contribution in [0.4, 0.5) is 0 Å². The SMILES string of the molecule is O=C(NCc1cccc(Oc2ccccc2)c1)c1ccc(CN2CCCC2=O)cc1. The molecule has 0 radical (unpaired) electrons. The summed E-state index contributed by atoms with van der Waals surface area (Å²) in [6.45, 7) is 1.83. The maximum Gasteiger partial charge on any atom is 0.251 e. The van der Waals surface area contributed by atoms with Crippen LogP contribution >= 0.6 is 0 Å². The number of para-hydroxylation sites is 1. The monoisotopic (exact) mass is 400 g/mol. The number of nitrogens with one attached hydrogen (secondary N) is 1. The van der Waals surface area contributed by atoms with Crippen molar-refractivity contribution in [1.29, 1.82) is 0 Å². The second kappa shape index (κ2) is 9.27. The van der Waals surface area contributed by atoms with E-state index >= 15 is 0 Å². The molecule has 0 atom stereocenters. The van der Waals surface area contributed by atoms with Crippen molar-refractivity contribution in [2.45, 2.75) is 25.9 Å². The minimum atomic E-state index is -0.131. The summed E-state index contributed by atoms with van der Waals surface area (Å²) in [6.07, 6.45) is 1.56. The van der Waals surface area contributed by atoms with Crippen molar-refractivity contribution in [3.8, 4) is 11.5 Å². The van der Waals surface area contributed by atoms with Crippen LogP contribution in [0.15, 0.2) is 78.9 Å². The third-order valence-corrected chi connectivity index (χ3v) is 5.09. The lowest BCUT2D eigenvalue weighted by molar-refractivity contribution is -0.128. The highest BCUT2D eigenvalue weighted by Gasteiger charge is 2.20. The molecule has 1 aliphatic rings. The van der Waals surface area contributed by atoms with Crippen molar-refractivity contribution in [3.63, 3.8) is 0 Å². The number of amides is 2. The smallest absolute Gasteiger partial charge is 0.251 e. The average molecular weight is 400 g/mol. The van der Waals surface area contributed by atoms with Crippen LogP contribution in [0.1, 0.15) is 34.3 Å². The number of hydrogen-bond donors (Lipinski definition) is 1. The minimum Gasteiger partial charge on any atom is -0.457 e. The van der Waals surface area contributed by atoms with Crippen LogP contribution in [0.3, 0.4) is 0 Å². The molecule has 0 spiro atoms. The minimum absolute atomic E-state index is 0.131. The Morgan fingerprint density at radius 3 is 2.40 bits per heavy atom. The highest BCUT2D eigenvalue weighted by Crippen LogP contribution is 2.22. The molecule has 4 rings (SSSR count). The van der Waals surface area contributed by atoms with Gasteiger partial charge >= 0.3 is 0 Å². The molecule has 5 heteroatoms. The Kier molecular flexibility index (Phi) is 6.09. The highest BCUT2D eigenvalue weighted by molar-refractivity contribution is 5.94. The maximum atomic E-state index is 12.5. The first-order valence-electron chi connectivity index (χ1n) is 10.1. The van der Waals surface area contributed by atoms with Gasteiger partial charge in [0.2, 0.25) is 5.91 Å². The van der Waals surface area contributed by atoms with Gasteiger partial charge in [-0.25, -0.2) is 0 Å². The zero-order chi connectivity index (χ0) is 20.8. The first kappa shape index (κ1) is 19.7. The molecule has 0 saturated carbocycles. The lowest BCUT2D eigenvalue weighted by Gasteiger charge is -2.15. The van der Waals surface area contributed by atoms with Crippen molar-refractivity contribution < 1.29 is 14.3 Å². The van der Waals surface area contributed by atoms with E-state index in [1.165, 1.54) is 0 Å². The Hall–Kier alpha value is -3.60. The van der Waals surface area contributed by atoms with E-state index in [1.807, 2.05) is 71.6 Å². The molecule has 0 aromatic heterocycles. The highest BCUT2D eigenvalue weighted by atomic mass is 16.5. The standard InChI is InChI=1S/C25H24N2O3/c28-24-10-5-15-27(24)18-19-11-13-21(14-12-19)25(29)26-17-20-6-4-9-23(16-20)30-22-7-2-1-3-8-22/h1-4,6-9,11-14,16H,5,10,15,17-18H2,(H,26,29). The van der Waals surface area contributed by atoms with E-state index in [9.17, 15) is 9.59 Å². The number of ether oxygens (including phenoxy) is 1. The Morgan fingerprint density at radius 2 is 1.67 bits per heavy atom. The largest absolute Gasteiger partial charge is 0.457 e. The van der Waals surface area contributed by atoms with Gasteiger partial charge in [-0.1, -0.05) is 42.5 Å². The number of carbonyl (C=O) groups is 2. The summed E-state index contributed by atoms with van der Waals surface area (Å²) in [5.74, 6) is 1.58. The van der Waals surface area contributed by atoms with Gasteiger partial charge in [-0.15, -0.1) is 0 Å². The third kappa shape index (κ3) is 5.06. The quantitative estimate of drug-likeness (QED) is 0.634. The fourth-order valence-corrected chi connectivity index (χ4v) is 3.48. The molecular weight excluding hydrogens is 376 g/mol. The first-order chi connectivity index (χ1) is 14.7. The first-order valence-corrected chi connectivity index (χ1v) is 10.1. The van der Waals surface area contributed by atoms with Gasteiger partial charge in [0.05, 0.1) is 0 Å². The predicted molar refractivity (Wildman–Crippen MR) is 115 cm³/mol. The number of carbonyl (C=O) groups excluding carboxylic acids is 2. The van der Waals surface area contributed by atoms with E-state index in [-0.39, 0.29) is 11.8 Å². The summed E-state index contributed by atoms with van der Waals surface area (Å²) in [5.41, 5.74) is 2.59. The zero-order valence-electron chi connectivity index (χ0n) is 16.7. The molecule has 0 unspecified atom stereocenters. The normalized spacial score (nSPS) is 13.3. The van der Waals surface area contributed by atoms with Crippen LogP contribution in [0.5, 0.6) is 11.5 Å². The maximum absolute atomic E-state index is 12.5. The second-order valence-corrected chi connectivity index (χ2v) is 7.36. The van der Waals surface area contributed by atoms with E-state index in [4.69, 9.17) is 4.74 Å². The molecule has 3 aromatic carbocycles. The van der Waals surface area contributed by atoms with Crippen LogP contribution in [0.2, 0.25) is 0 Å². The fourth-order valence-electron chi connectivity index (χ4n) is 3.48. The van der Waals surface area contributed by atoms with Crippen LogP contribution in [-0.2, 0) is 17.9 Å². The van der Waals surface area contributed by atoms with Crippen molar-refractivity contribution >= 4 is 11.8 Å². The van der Waals surface area contributed by atoms with Gasteiger partial charge in [-0.05, 0) is 53.9 Å². The van der Waals surface area contributed by atoms with E-state index in [1.54, 1.807) is 12.1 Å². The van der Waals surface area contributed by atoms with Crippen molar-refractivity contribution in [2.24, 2.45) is 0 Å². The third-order valence-electron chi connectivity index (χ3n) is 5.09. The molecule has 152 valence electrons. The second-order valence-electron chi connectivity index (χ2n) is 7.36. The summed E-state index contributed by atoms with van der Waals surface area (Å²) in [7, 11) is 0. The molecule has 2 amide bonds. The lowest BCUT2D eigenvalue weighted by atomic mass is 10.1. The van der Waals surface area contributed by atoms with Gasteiger partial charge in [0.25, 0.3) is 5.91 Å². The number of likely N-dealkylation sites (tertiary alicyclic amines) is 1. The molecule has 1 aliphatic heterocycles. The van der Waals surface area contributed by atoms with Gasteiger partial charge in [0.15, 0.2) is 0 Å². The van der Waals surface area contributed by atoms with Crippen LogP contribution < -0.4 is 10.1 Å². The van der Waals surface area contributed by atoms with Gasteiger partial charge < -0.3 is 15.0 Å². The van der Waals surface area contributed by atoms with E-state index in [2.05, 4.69) is 5.32 Å². The Morgan fingerprint density at radius 1 is 0.900 bits per heavy atom. The van der Waals surface area contributed by atoms with Crippen molar-refractivity contribution in [2.75, 3.05) is 6.54 Å². The summed E-state index contributed by atoms with van der Waals surface area (Å²) in [4.78, 5) is 26.1. The van der Waals surface area contributed by atoms with Crippen LogP contribution in [-0.4, -0.2) is 23.3 Å². The summed E-state index contributed by atoms with van der Waals surface area (Å²) in [5, 5.41) is 2.95. The van der Waals surface area contributed by atoms with E-state index in [0.717, 1.165) is 35.6 Å². The summed E-state index contributed by atoms with van der Waals surface area (Å²) >= 11 is 0. The van der Waals surface area contributed by atoms with Crippen molar-refractivity contribution in [3.05, 3.63) is 95.6 Å². The van der Waals surface area contributed by atoms with Gasteiger partial charge in [0, 0.05) is 31.6 Å². The van der Waals surface area contributed by atoms with E-state index < -0.39 is 0 Å². The molecule has 3 aromatic rings. The van der Waals surface area contributed by atoms with Crippen LogP contribution in [0.25, 0.3) is 0 Å². The molecule has 1 heterocycles. The number of hydrogen-bond acceptors (Lipinski definition) is 3. The molecule has 30 heavy (non-hydrogen) atoms. The number of rotatable bonds is 7. The molecule has 1 saturated heterocycles. The zero-order valence-corrected chi connectivity index (χ0v) is 16.7. The summed E-state index contributed by atoms with van der Waals surface area (Å²) in [6, 6.07) is 24.7.